The van der Waals surface area contributed by atoms with Gasteiger partial charge in [-0.05, 0) is 37.5 Å². The normalized spacial score (nSPS) is 30.9. The zero-order valence-electron chi connectivity index (χ0n) is 12.9. The fraction of sp³-hybridized carbons (Fsp3) is 0.933. The van der Waals surface area contributed by atoms with E-state index in [1.165, 1.54) is 12.8 Å². The molecule has 1 heterocycles. The Hall–Kier alpha value is -0.810. The van der Waals surface area contributed by atoms with Crippen LogP contribution in [0, 0.1) is 11.8 Å². The summed E-state index contributed by atoms with van der Waals surface area (Å²) in [5.74, 6) is 1.56. The van der Waals surface area contributed by atoms with Crippen molar-refractivity contribution in [2.75, 3.05) is 32.8 Å². The van der Waals surface area contributed by atoms with Crippen molar-refractivity contribution in [2.24, 2.45) is 17.6 Å². The van der Waals surface area contributed by atoms with E-state index in [0.29, 0.717) is 19.7 Å². The van der Waals surface area contributed by atoms with Gasteiger partial charge in [-0.1, -0.05) is 13.8 Å². The van der Waals surface area contributed by atoms with E-state index in [0.717, 1.165) is 37.8 Å². The van der Waals surface area contributed by atoms with E-state index in [-0.39, 0.29) is 11.6 Å². The molecule has 5 nitrogen and oxygen atoms in total. The fourth-order valence-electron chi connectivity index (χ4n) is 3.34. The second kappa shape index (κ2) is 6.76. The van der Waals surface area contributed by atoms with E-state index in [9.17, 15) is 4.79 Å². The van der Waals surface area contributed by atoms with Gasteiger partial charge < -0.3 is 20.7 Å². The van der Waals surface area contributed by atoms with Crippen LogP contribution >= 0.6 is 0 Å². The van der Waals surface area contributed by atoms with E-state index in [4.69, 9.17) is 10.5 Å². The summed E-state index contributed by atoms with van der Waals surface area (Å²) in [7, 11) is 0. The van der Waals surface area contributed by atoms with Gasteiger partial charge >= 0.3 is 6.03 Å². The van der Waals surface area contributed by atoms with Gasteiger partial charge in [-0.15, -0.1) is 0 Å². The van der Waals surface area contributed by atoms with E-state index < -0.39 is 0 Å². The Balaban J connectivity index is 1.76. The van der Waals surface area contributed by atoms with Crippen LogP contribution in [0.4, 0.5) is 4.79 Å². The van der Waals surface area contributed by atoms with Gasteiger partial charge in [0.1, 0.15) is 0 Å². The molecule has 0 atom stereocenters. The molecule has 0 aromatic rings. The largest absolute Gasteiger partial charge is 0.372 e. The van der Waals surface area contributed by atoms with Gasteiger partial charge in [0.05, 0.1) is 12.2 Å². The third-order valence-corrected chi connectivity index (χ3v) is 4.97. The molecular weight excluding hydrogens is 254 g/mol. The number of nitrogens with two attached hydrogens (primary N) is 1. The minimum absolute atomic E-state index is 0.0268. The first-order valence-electron chi connectivity index (χ1n) is 7.93. The van der Waals surface area contributed by atoms with Crippen LogP contribution in [0.5, 0.6) is 0 Å². The summed E-state index contributed by atoms with van der Waals surface area (Å²) in [5.41, 5.74) is 5.81. The molecule has 0 aromatic carbocycles. The molecule has 116 valence electrons. The van der Waals surface area contributed by atoms with Gasteiger partial charge in [-0.25, -0.2) is 4.79 Å². The van der Waals surface area contributed by atoms with Crippen molar-refractivity contribution < 1.29 is 9.53 Å². The van der Waals surface area contributed by atoms with Crippen molar-refractivity contribution in [3.63, 3.8) is 0 Å². The van der Waals surface area contributed by atoms with Crippen molar-refractivity contribution in [1.82, 2.24) is 10.2 Å². The molecule has 1 saturated heterocycles. The highest BCUT2D eigenvalue weighted by Crippen LogP contribution is 2.37. The first-order valence-corrected chi connectivity index (χ1v) is 7.93. The molecule has 0 unspecified atom stereocenters. The van der Waals surface area contributed by atoms with Gasteiger partial charge in [0, 0.05) is 26.2 Å². The van der Waals surface area contributed by atoms with Crippen LogP contribution in [0.1, 0.15) is 39.5 Å². The molecular formula is C15H29N3O2. The zero-order valence-corrected chi connectivity index (χ0v) is 12.9. The van der Waals surface area contributed by atoms with Gasteiger partial charge in [-0.2, -0.15) is 0 Å². The molecule has 2 rings (SSSR count). The summed E-state index contributed by atoms with van der Waals surface area (Å²) in [6.07, 6.45) is 4.52. The summed E-state index contributed by atoms with van der Waals surface area (Å²) in [5, 5.41) is 2.81. The van der Waals surface area contributed by atoms with Crippen molar-refractivity contribution >= 4 is 6.03 Å². The molecule has 2 aliphatic rings. The smallest absolute Gasteiger partial charge is 0.317 e. The number of urea groups is 1. The van der Waals surface area contributed by atoms with E-state index in [1.54, 1.807) is 0 Å². The average molecular weight is 283 g/mol. The van der Waals surface area contributed by atoms with Crippen LogP contribution < -0.4 is 11.1 Å². The molecule has 1 saturated carbocycles. The standard InChI is InChI=1S/C15H29N3O2/c1-12(2)13-3-5-15(11-16,6-4-13)20-10-9-18-8-7-17-14(18)19/h12-13H,3-11,16H2,1-2H3,(H,17,19). The number of nitrogens with one attached hydrogen (secondary N) is 1. The lowest BCUT2D eigenvalue weighted by atomic mass is 9.74. The number of amides is 2. The number of rotatable bonds is 6. The topological polar surface area (TPSA) is 67.6 Å². The maximum absolute atomic E-state index is 11.5. The van der Waals surface area contributed by atoms with E-state index >= 15 is 0 Å². The van der Waals surface area contributed by atoms with E-state index in [1.807, 2.05) is 4.90 Å². The fourth-order valence-corrected chi connectivity index (χ4v) is 3.34. The van der Waals surface area contributed by atoms with Crippen LogP contribution in [0.15, 0.2) is 0 Å². The van der Waals surface area contributed by atoms with Gasteiger partial charge in [0.2, 0.25) is 0 Å². The molecule has 1 aliphatic carbocycles. The van der Waals surface area contributed by atoms with Gasteiger partial charge in [0.25, 0.3) is 0 Å². The molecule has 0 bridgehead atoms. The Morgan fingerprint density at radius 2 is 2.15 bits per heavy atom. The van der Waals surface area contributed by atoms with Crippen molar-refractivity contribution in [2.45, 2.75) is 45.1 Å². The Labute approximate surface area is 122 Å². The molecule has 2 fully saturated rings. The minimum Gasteiger partial charge on any atom is -0.372 e. The Morgan fingerprint density at radius 3 is 2.65 bits per heavy atom. The van der Waals surface area contributed by atoms with Crippen LogP contribution in [0.2, 0.25) is 0 Å². The second-order valence-corrected chi connectivity index (χ2v) is 6.54. The molecule has 20 heavy (non-hydrogen) atoms. The molecule has 3 N–H and O–H groups in total. The molecule has 0 spiro atoms. The molecule has 1 aliphatic heterocycles. The SMILES string of the molecule is CC(C)C1CCC(CN)(OCCN2CCNC2=O)CC1. The molecule has 0 aromatic heterocycles. The van der Waals surface area contributed by atoms with Crippen LogP contribution in [0.3, 0.4) is 0 Å². The molecule has 5 heteroatoms. The summed E-state index contributed by atoms with van der Waals surface area (Å²) in [6, 6.07) is 0.0268. The number of nitrogens with zero attached hydrogens (tertiary/aromatic N) is 1. The summed E-state index contributed by atoms with van der Waals surface area (Å²) >= 11 is 0. The first-order chi connectivity index (χ1) is 9.56. The van der Waals surface area contributed by atoms with Gasteiger partial charge in [-0.3, -0.25) is 0 Å². The minimum atomic E-state index is -0.151. The molecule has 0 radical (unpaired) electrons. The number of hydrogen-bond acceptors (Lipinski definition) is 3. The predicted octanol–water partition coefficient (Wildman–Crippen LogP) is 1.57. The molecule has 2 amide bonds. The van der Waals surface area contributed by atoms with Crippen LogP contribution in [-0.2, 0) is 4.74 Å². The number of ether oxygens (including phenoxy) is 1. The third kappa shape index (κ3) is 3.64. The lowest BCUT2D eigenvalue weighted by Crippen LogP contribution is -2.46. The van der Waals surface area contributed by atoms with Crippen molar-refractivity contribution in [1.29, 1.82) is 0 Å². The van der Waals surface area contributed by atoms with Crippen molar-refractivity contribution in [3.8, 4) is 0 Å². The summed E-state index contributed by atoms with van der Waals surface area (Å²) < 4.78 is 6.11. The highest BCUT2D eigenvalue weighted by Gasteiger charge is 2.36. The number of hydrogen-bond donors (Lipinski definition) is 2. The highest BCUT2D eigenvalue weighted by atomic mass is 16.5. The zero-order chi connectivity index (χ0) is 14.6. The maximum atomic E-state index is 11.5. The lowest BCUT2D eigenvalue weighted by Gasteiger charge is -2.40. The van der Waals surface area contributed by atoms with Gasteiger partial charge in [0.15, 0.2) is 0 Å². The van der Waals surface area contributed by atoms with Crippen LogP contribution in [0.25, 0.3) is 0 Å². The summed E-state index contributed by atoms with van der Waals surface area (Å²) in [6.45, 7) is 7.98. The lowest BCUT2D eigenvalue weighted by molar-refractivity contribution is -0.0768. The number of carbonyl (C=O) groups excluding carboxylic acids is 1. The second-order valence-electron chi connectivity index (χ2n) is 6.54. The first kappa shape index (κ1) is 15.6. The monoisotopic (exact) mass is 283 g/mol. The maximum Gasteiger partial charge on any atom is 0.317 e. The Bertz CT molecular complexity index is 325. The van der Waals surface area contributed by atoms with Crippen LogP contribution in [-0.4, -0.2) is 49.3 Å². The number of carbonyl (C=O) groups is 1. The quantitative estimate of drug-likeness (QED) is 0.777. The Morgan fingerprint density at radius 1 is 1.45 bits per heavy atom. The van der Waals surface area contributed by atoms with Crippen molar-refractivity contribution in [3.05, 3.63) is 0 Å². The Kier molecular flexibility index (Phi) is 5.27. The highest BCUT2D eigenvalue weighted by molar-refractivity contribution is 5.76. The summed E-state index contributed by atoms with van der Waals surface area (Å²) in [4.78, 5) is 13.3. The predicted molar refractivity (Wildman–Crippen MR) is 79.5 cm³/mol. The van der Waals surface area contributed by atoms with E-state index in [2.05, 4.69) is 19.2 Å². The third-order valence-electron chi connectivity index (χ3n) is 4.97. The average Bonchev–Trinajstić information content (AvgIpc) is 2.85.